The number of rotatable bonds is 3. The SMILES string of the molecule is CN(C)C1=Cc2ccccc2C1Oc1ccccc1. The van der Waals surface area contributed by atoms with E-state index in [1.807, 2.05) is 30.3 Å². The van der Waals surface area contributed by atoms with Crippen molar-refractivity contribution in [3.63, 3.8) is 0 Å². The van der Waals surface area contributed by atoms with Crippen LogP contribution in [-0.2, 0) is 0 Å². The van der Waals surface area contributed by atoms with Crippen LogP contribution in [0.1, 0.15) is 17.2 Å². The Morgan fingerprint density at radius 3 is 2.32 bits per heavy atom. The second kappa shape index (κ2) is 4.81. The van der Waals surface area contributed by atoms with Crippen LogP contribution in [0.2, 0.25) is 0 Å². The molecule has 0 spiro atoms. The summed E-state index contributed by atoms with van der Waals surface area (Å²) >= 11 is 0. The highest BCUT2D eigenvalue weighted by molar-refractivity contribution is 5.65. The summed E-state index contributed by atoms with van der Waals surface area (Å²) in [7, 11) is 4.11. The zero-order valence-electron chi connectivity index (χ0n) is 11.2. The molecule has 0 aromatic heterocycles. The first-order valence-corrected chi connectivity index (χ1v) is 6.45. The molecule has 3 rings (SSSR count). The highest BCUT2D eigenvalue weighted by atomic mass is 16.5. The molecule has 0 saturated heterocycles. The van der Waals surface area contributed by atoms with Crippen LogP contribution in [0.4, 0.5) is 0 Å². The van der Waals surface area contributed by atoms with Crippen molar-refractivity contribution in [2.24, 2.45) is 0 Å². The fraction of sp³-hybridized carbons (Fsp3) is 0.176. The average Bonchev–Trinajstić information content (AvgIpc) is 2.79. The van der Waals surface area contributed by atoms with Crippen LogP contribution < -0.4 is 4.74 Å². The predicted octanol–water partition coefficient (Wildman–Crippen LogP) is 3.72. The molecule has 0 N–H and O–H groups in total. The number of para-hydroxylation sites is 1. The summed E-state index contributed by atoms with van der Waals surface area (Å²) in [6, 6.07) is 18.4. The standard InChI is InChI=1S/C17H17NO/c1-18(2)16-12-13-8-6-7-11-15(13)17(16)19-14-9-4-3-5-10-14/h3-12,17H,1-2H3. The second-order valence-electron chi connectivity index (χ2n) is 4.90. The zero-order valence-corrected chi connectivity index (χ0v) is 11.2. The van der Waals surface area contributed by atoms with Crippen LogP contribution in [0.5, 0.6) is 5.75 Å². The normalized spacial score (nSPS) is 16.7. The lowest BCUT2D eigenvalue weighted by Gasteiger charge is -2.24. The molecule has 2 aromatic rings. The molecule has 0 heterocycles. The van der Waals surface area contributed by atoms with Gasteiger partial charge in [0.2, 0.25) is 0 Å². The molecule has 1 atom stereocenters. The smallest absolute Gasteiger partial charge is 0.164 e. The summed E-state index contributed by atoms with van der Waals surface area (Å²) < 4.78 is 6.17. The first-order chi connectivity index (χ1) is 9.25. The summed E-state index contributed by atoms with van der Waals surface area (Å²) in [6.07, 6.45) is 2.18. The molecule has 0 saturated carbocycles. The van der Waals surface area contributed by atoms with Crippen LogP contribution in [0, 0.1) is 0 Å². The van der Waals surface area contributed by atoms with E-state index in [9.17, 15) is 0 Å². The van der Waals surface area contributed by atoms with Gasteiger partial charge in [-0.1, -0.05) is 42.5 Å². The van der Waals surface area contributed by atoms with Gasteiger partial charge in [-0.05, 0) is 23.8 Å². The Balaban J connectivity index is 1.96. The zero-order chi connectivity index (χ0) is 13.2. The number of nitrogens with zero attached hydrogens (tertiary/aromatic N) is 1. The van der Waals surface area contributed by atoms with Gasteiger partial charge >= 0.3 is 0 Å². The molecule has 0 radical (unpaired) electrons. The van der Waals surface area contributed by atoms with Crippen LogP contribution in [0.15, 0.2) is 60.3 Å². The molecule has 1 unspecified atom stereocenters. The monoisotopic (exact) mass is 251 g/mol. The third kappa shape index (κ3) is 2.22. The molecule has 1 aliphatic carbocycles. The Labute approximate surface area is 113 Å². The van der Waals surface area contributed by atoms with Crippen molar-refractivity contribution in [1.29, 1.82) is 0 Å². The molecular weight excluding hydrogens is 234 g/mol. The van der Waals surface area contributed by atoms with Gasteiger partial charge in [0, 0.05) is 19.7 Å². The minimum Gasteiger partial charge on any atom is -0.479 e. The van der Waals surface area contributed by atoms with E-state index in [0.717, 1.165) is 5.75 Å². The highest BCUT2D eigenvalue weighted by Gasteiger charge is 2.27. The Morgan fingerprint density at radius 2 is 1.58 bits per heavy atom. The van der Waals surface area contributed by atoms with E-state index >= 15 is 0 Å². The third-order valence-electron chi connectivity index (χ3n) is 3.36. The molecule has 0 aliphatic heterocycles. The van der Waals surface area contributed by atoms with E-state index in [0.29, 0.717) is 0 Å². The van der Waals surface area contributed by atoms with E-state index in [4.69, 9.17) is 4.74 Å². The number of likely N-dealkylation sites (N-methyl/N-ethyl adjacent to an activating group) is 1. The van der Waals surface area contributed by atoms with Crippen molar-refractivity contribution in [1.82, 2.24) is 4.90 Å². The van der Waals surface area contributed by atoms with Gasteiger partial charge in [-0.2, -0.15) is 0 Å². The van der Waals surface area contributed by atoms with Gasteiger partial charge in [0.15, 0.2) is 6.10 Å². The van der Waals surface area contributed by atoms with Gasteiger partial charge < -0.3 is 9.64 Å². The predicted molar refractivity (Wildman–Crippen MR) is 77.9 cm³/mol. The van der Waals surface area contributed by atoms with Gasteiger partial charge in [-0.25, -0.2) is 0 Å². The second-order valence-corrected chi connectivity index (χ2v) is 4.90. The van der Waals surface area contributed by atoms with Gasteiger partial charge in [0.1, 0.15) is 5.75 Å². The molecule has 2 aromatic carbocycles. The fourth-order valence-corrected chi connectivity index (χ4v) is 2.40. The lowest BCUT2D eigenvalue weighted by atomic mass is 10.1. The topological polar surface area (TPSA) is 12.5 Å². The number of fused-ring (bicyclic) bond motifs is 1. The fourth-order valence-electron chi connectivity index (χ4n) is 2.40. The van der Waals surface area contributed by atoms with E-state index in [1.165, 1.54) is 16.8 Å². The Morgan fingerprint density at radius 1 is 0.895 bits per heavy atom. The van der Waals surface area contributed by atoms with Crippen molar-refractivity contribution in [3.05, 3.63) is 71.4 Å². The van der Waals surface area contributed by atoms with Crippen molar-refractivity contribution < 1.29 is 4.74 Å². The number of hydrogen-bond donors (Lipinski definition) is 0. The summed E-state index contributed by atoms with van der Waals surface area (Å²) in [5, 5.41) is 0. The molecule has 0 bridgehead atoms. The molecule has 1 aliphatic rings. The Kier molecular flexibility index (Phi) is 3.00. The summed E-state index contributed by atoms with van der Waals surface area (Å²) in [6.45, 7) is 0. The maximum atomic E-state index is 6.17. The largest absolute Gasteiger partial charge is 0.479 e. The molecule has 2 nitrogen and oxygen atoms in total. The highest BCUT2D eigenvalue weighted by Crippen LogP contribution is 2.38. The van der Waals surface area contributed by atoms with Crippen LogP contribution in [0.25, 0.3) is 6.08 Å². The first-order valence-electron chi connectivity index (χ1n) is 6.45. The van der Waals surface area contributed by atoms with E-state index in [2.05, 4.69) is 49.3 Å². The number of ether oxygens (including phenoxy) is 1. The quantitative estimate of drug-likeness (QED) is 0.824. The minimum atomic E-state index is -0.0198. The maximum absolute atomic E-state index is 6.17. The van der Waals surface area contributed by atoms with E-state index < -0.39 is 0 Å². The molecule has 2 heteroatoms. The minimum absolute atomic E-state index is 0.0198. The van der Waals surface area contributed by atoms with Crippen molar-refractivity contribution in [2.45, 2.75) is 6.10 Å². The lowest BCUT2D eigenvalue weighted by molar-refractivity contribution is 0.214. The molecule has 0 amide bonds. The number of benzene rings is 2. The Hall–Kier alpha value is -2.22. The molecule has 19 heavy (non-hydrogen) atoms. The molecule has 0 fully saturated rings. The van der Waals surface area contributed by atoms with Crippen LogP contribution in [-0.4, -0.2) is 19.0 Å². The van der Waals surface area contributed by atoms with E-state index in [1.54, 1.807) is 0 Å². The maximum Gasteiger partial charge on any atom is 0.164 e. The summed E-state index contributed by atoms with van der Waals surface area (Å²) in [5.41, 5.74) is 3.66. The van der Waals surface area contributed by atoms with Gasteiger partial charge in [0.05, 0.1) is 5.70 Å². The van der Waals surface area contributed by atoms with Crippen LogP contribution in [0.3, 0.4) is 0 Å². The van der Waals surface area contributed by atoms with Gasteiger partial charge in [-0.15, -0.1) is 0 Å². The number of hydrogen-bond acceptors (Lipinski definition) is 2. The third-order valence-corrected chi connectivity index (χ3v) is 3.36. The Bertz CT molecular complexity index is 602. The van der Waals surface area contributed by atoms with Crippen molar-refractivity contribution in [2.75, 3.05) is 14.1 Å². The van der Waals surface area contributed by atoms with Crippen molar-refractivity contribution in [3.8, 4) is 5.75 Å². The lowest BCUT2D eigenvalue weighted by Crippen LogP contribution is -2.19. The van der Waals surface area contributed by atoms with Gasteiger partial charge in [-0.3, -0.25) is 0 Å². The average molecular weight is 251 g/mol. The van der Waals surface area contributed by atoms with E-state index in [-0.39, 0.29) is 6.10 Å². The van der Waals surface area contributed by atoms with Crippen molar-refractivity contribution >= 4 is 6.08 Å². The van der Waals surface area contributed by atoms with Gasteiger partial charge in [0.25, 0.3) is 0 Å². The molecule has 96 valence electrons. The summed E-state index contributed by atoms with van der Waals surface area (Å²) in [4.78, 5) is 2.12. The first kappa shape index (κ1) is 11.8. The summed E-state index contributed by atoms with van der Waals surface area (Å²) in [5.74, 6) is 0.900. The van der Waals surface area contributed by atoms with Crippen LogP contribution >= 0.6 is 0 Å². The molecular formula is C17H17NO.